The Morgan fingerprint density at radius 3 is 1.29 bits per heavy atom. The normalized spacial score (nSPS) is 11.5. The van der Waals surface area contributed by atoms with E-state index in [4.69, 9.17) is 0 Å². The van der Waals surface area contributed by atoms with E-state index < -0.39 is 0 Å². The van der Waals surface area contributed by atoms with Crippen LogP contribution in [0.3, 0.4) is 0 Å². The Bertz CT molecular complexity index is 3760. The number of hydrogen-bond acceptors (Lipinski definition) is 1. The number of benzene rings is 11. The minimum absolute atomic E-state index is 1.13. The van der Waals surface area contributed by atoms with Crippen molar-refractivity contribution in [3.8, 4) is 55.6 Å². The summed E-state index contributed by atoms with van der Waals surface area (Å²) >= 11 is 0. The molecule has 0 unspecified atom stereocenters. The van der Waals surface area contributed by atoms with Crippen molar-refractivity contribution in [3.05, 3.63) is 272 Å². The van der Waals surface area contributed by atoms with Gasteiger partial charge in [-0.3, -0.25) is 0 Å². The number of anilines is 3. The third-order valence-corrected chi connectivity index (χ3v) is 13.5. The van der Waals surface area contributed by atoms with Crippen molar-refractivity contribution in [1.29, 1.82) is 0 Å². The molecule has 0 spiro atoms. The quantitative estimate of drug-likeness (QED) is 0.124. The number of fused-ring (bicyclic) bond motifs is 4. The zero-order valence-electron chi connectivity index (χ0n) is 38.4. The molecule has 0 radical (unpaired) electrons. The van der Waals surface area contributed by atoms with E-state index in [0.717, 1.165) is 28.2 Å². The molecule has 0 saturated heterocycles. The van der Waals surface area contributed by atoms with Gasteiger partial charge in [-0.05, 0) is 138 Å². The molecule has 0 saturated carbocycles. The van der Waals surface area contributed by atoms with Crippen LogP contribution in [0.15, 0.2) is 261 Å². The standard InChI is InChI=1S/C67H48N2/c1-68-63-43-48(35-40-59(63)60-41-39-58(45-64(60)68)69(56-28-16-6-17-29-56)57-30-18-7-19-31-57)33-32-47-34-36-54-44-55(38-37-53(54)42-47)62-46-61(49-20-8-2-9-21-49)65(50-22-10-3-11-23-50)67(52-26-14-5-15-27-52)66(62)51-24-12-4-13-25-51/h2-46H,1H3/b33-32+. The lowest BCUT2D eigenvalue weighted by Crippen LogP contribution is -2.09. The molecule has 2 nitrogen and oxygen atoms in total. The van der Waals surface area contributed by atoms with Gasteiger partial charge in [0.2, 0.25) is 0 Å². The molecule has 0 aliphatic heterocycles. The molecule has 12 rings (SSSR count). The molecule has 12 aromatic rings. The summed E-state index contributed by atoms with van der Waals surface area (Å²) in [6.45, 7) is 0. The Morgan fingerprint density at radius 2 is 0.725 bits per heavy atom. The molecule has 2 heteroatoms. The van der Waals surface area contributed by atoms with E-state index in [2.05, 4.69) is 290 Å². The third kappa shape index (κ3) is 7.88. The van der Waals surface area contributed by atoms with Gasteiger partial charge < -0.3 is 9.47 Å². The van der Waals surface area contributed by atoms with Gasteiger partial charge in [0.15, 0.2) is 0 Å². The van der Waals surface area contributed by atoms with E-state index >= 15 is 0 Å². The molecular weight excluding hydrogens is 833 g/mol. The molecular formula is C67H48N2. The van der Waals surface area contributed by atoms with Gasteiger partial charge >= 0.3 is 0 Å². The maximum Gasteiger partial charge on any atom is 0.0509 e. The van der Waals surface area contributed by atoms with Crippen LogP contribution in [-0.4, -0.2) is 4.57 Å². The second kappa shape index (κ2) is 18.0. The molecule has 0 bridgehead atoms. The molecule has 0 N–H and O–H groups in total. The molecule has 0 aliphatic carbocycles. The summed E-state index contributed by atoms with van der Waals surface area (Å²) in [6.07, 6.45) is 4.47. The number of para-hydroxylation sites is 2. The predicted octanol–water partition coefficient (Wildman–Crippen LogP) is 18.5. The monoisotopic (exact) mass is 880 g/mol. The van der Waals surface area contributed by atoms with Gasteiger partial charge in [-0.25, -0.2) is 0 Å². The van der Waals surface area contributed by atoms with Crippen molar-refractivity contribution in [3.63, 3.8) is 0 Å². The number of nitrogens with zero attached hydrogens (tertiary/aromatic N) is 2. The summed E-state index contributed by atoms with van der Waals surface area (Å²) in [5.41, 5.74) is 20.2. The van der Waals surface area contributed by atoms with Gasteiger partial charge in [-0.1, -0.05) is 212 Å². The fraction of sp³-hybridized carbons (Fsp3) is 0.0149. The van der Waals surface area contributed by atoms with Crippen LogP contribution in [0.5, 0.6) is 0 Å². The molecule has 69 heavy (non-hydrogen) atoms. The average molecular weight is 881 g/mol. The van der Waals surface area contributed by atoms with Crippen molar-refractivity contribution in [2.75, 3.05) is 4.90 Å². The van der Waals surface area contributed by atoms with Gasteiger partial charge in [-0.2, -0.15) is 0 Å². The van der Waals surface area contributed by atoms with Crippen LogP contribution >= 0.6 is 0 Å². The predicted molar refractivity (Wildman–Crippen MR) is 295 cm³/mol. The zero-order valence-corrected chi connectivity index (χ0v) is 38.4. The Kier molecular flexibility index (Phi) is 10.8. The fourth-order valence-corrected chi connectivity index (χ4v) is 10.2. The van der Waals surface area contributed by atoms with Crippen molar-refractivity contribution >= 4 is 61.8 Å². The molecule has 1 heterocycles. The Labute approximate surface area is 404 Å². The number of aromatic nitrogens is 1. The SMILES string of the molecule is Cn1c2cc(/C=C/c3ccc4cc(-c5cc(-c6ccccc6)c(-c6ccccc6)c(-c6ccccc6)c5-c5ccccc5)ccc4c3)ccc2c2ccc(N(c3ccccc3)c3ccccc3)cc21. The van der Waals surface area contributed by atoms with Crippen LogP contribution in [0.1, 0.15) is 11.1 Å². The summed E-state index contributed by atoms with van der Waals surface area (Å²) in [7, 11) is 2.18. The highest BCUT2D eigenvalue weighted by Crippen LogP contribution is 2.50. The second-order valence-corrected chi connectivity index (χ2v) is 17.8. The first kappa shape index (κ1) is 41.5. The maximum atomic E-state index is 2.43. The van der Waals surface area contributed by atoms with Crippen molar-refractivity contribution in [2.24, 2.45) is 7.05 Å². The van der Waals surface area contributed by atoms with E-state index in [-0.39, 0.29) is 0 Å². The minimum Gasteiger partial charge on any atom is -0.344 e. The van der Waals surface area contributed by atoms with Gasteiger partial charge in [0, 0.05) is 40.4 Å². The van der Waals surface area contributed by atoms with Crippen molar-refractivity contribution in [2.45, 2.75) is 0 Å². The lowest BCUT2D eigenvalue weighted by atomic mass is 9.78. The Morgan fingerprint density at radius 1 is 0.304 bits per heavy atom. The molecule has 11 aromatic carbocycles. The smallest absolute Gasteiger partial charge is 0.0509 e. The topological polar surface area (TPSA) is 8.17 Å². The number of hydrogen-bond donors (Lipinski definition) is 0. The lowest BCUT2D eigenvalue weighted by molar-refractivity contribution is 1.01. The van der Waals surface area contributed by atoms with E-state index in [1.807, 2.05) is 0 Å². The summed E-state index contributed by atoms with van der Waals surface area (Å²) in [4.78, 5) is 2.32. The van der Waals surface area contributed by atoms with E-state index in [1.54, 1.807) is 0 Å². The third-order valence-electron chi connectivity index (χ3n) is 13.5. The number of rotatable bonds is 10. The van der Waals surface area contributed by atoms with Crippen LogP contribution < -0.4 is 4.90 Å². The first-order valence-electron chi connectivity index (χ1n) is 23.7. The fourth-order valence-electron chi connectivity index (χ4n) is 10.2. The molecule has 0 atom stereocenters. The molecule has 0 aliphatic rings. The van der Waals surface area contributed by atoms with E-state index in [0.29, 0.717) is 0 Å². The first-order chi connectivity index (χ1) is 34.1. The van der Waals surface area contributed by atoms with Crippen LogP contribution in [0.2, 0.25) is 0 Å². The highest BCUT2D eigenvalue weighted by atomic mass is 15.1. The summed E-state index contributed by atoms with van der Waals surface area (Å²) in [6, 6.07) is 94.6. The average Bonchev–Trinajstić information content (AvgIpc) is 3.70. The van der Waals surface area contributed by atoms with E-state index in [1.165, 1.54) is 88.2 Å². The summed E-state index contributed by atoms with van der Waals surface area (Å²) < 4.78 is 2.33. The van der Waals surface area contributed by atoms with Crippen LogP contribution in [0.4, 0.5) is 17.1 Å². The van der Waals surface area contributed by atoms with Crippen LogP contribution in [-0.2, 0) is 7.05 Å². The molecule has 326 valence electrons. The summed E-state index contributed by atoms with van der Waals surface area (Å²) in [5, 5.41) is 4.90. The highest BCUT2D eigenvalue weighted by molar-refractivity contribution is 6.10. The minimum atomic E-state index is 1.13. The van der Waals surface area contributed by atoms with Crippen LogP contribution in [0.25, 0.3) is 100 Å². The molecule has 0 amide bonds. The summed E-state index contributed by atoms with van der Waals surface area (Å²) in [5.74, 6) is 0. The highest BCUT2D eigenvalue weighted by Gasteiger charge is 2.24. The second-order valence-electron chi connectivity index (χ2n) is 17.8. The Hall–Kier alpha value is -8.98. The van der Waals surface area contributed by atoms with Gasteiger partial charge in [0.05, 0.1) is 5.52 Å². The number of aryl methyl sites for hydroxylation is 1. The van der Waals surface area contributed by atoms with Gasteiger partial charge in [0.25, 0.3) is 0 Å². The zero-order chi connectivity index (χ0) is 46.1. The molecule has 0 fully saturated rings. The maximum absolute atomic E-state index is 2.43. The van der Waals surface area contributed by atoms with E-state index in [9.17, 15) is 0 Å². The largest absolute Gasteiger partial charge is 0.344 e. The molecule has 1 aromatic heterocycles. The van der Waals surface area contributed by atoms with Crippen molar-refractivity contribution < 1.29 is 0 Å². The lowest BCUT2D eigenvalue weighted by Gasteiger charge is -2.25. The van der Waals surface area contributed by atoms with Gasteiger partial charge in [-0.15, -0.1) is 0 Å². The first-order valence-corrected chi connectivity index (χ1v) is 23.7. The van der Waals surface area contributed by atoms with Crippen LogP contribution in [0, 0.1) is 0 Å². The van der Waals surface area contributed by atoms with Crippen molar-refractivity contribution in [1.82, 2.24) is 4.57 Å². The van der Waals surface area contributed by atoms with Gasteiger partial charge in [0.1, 0.15) is 0 Å². The Balaban J connectivity index is 0.923.